The molecule has 2 atom stereocenters. The number of hydrogen-bond acceptors (Lipinski definition) is 6. The number of carboxylic acid groups (broad SMARTS) is 1. The fourth-order valence-electron chi connectivity index (χ4n) is 1.10. The maximum absolute atomic E-state index is 11.3. The summed E-state index contributed by atoms with van der Waals surface area (Å²) < 4.78 is 31.6. The van der Waals surface area contributed by atoms with Crippen LogP contribution in [0.15, 0.2) is 25.3 Å². The third-order valence-corrected chi connectivity index (χ3v) is 5.07. The summed E-state index contributed by atoms with van der Waals surface area (Å²) in [5.41, 5.74) is 0. The molecule has 0 saturated heterocycles. The molecule has 0 aromatic carbocycles. The zero-order valence-electron chi connectivity index (χ0n) is 14.0. The van der Waals surface area contributed by atoms with Crippen LogP contribution in [0.4, 0.5) is 0 Å². The van der Waals surface area contributed by atoms with Gasteiger partial charge in [0, 0.05) is 25.7 Å². The van der Waals surface area contributed by atoms with Crippen LogP contribution in [0.5, 0.6) is 0 Å². The van der Waals surface area contributed by atoms with Gasteiger partial charge >= 0.3 is 11.9 Å². The van der Waals surface area contributed by atoms with Crippen molar-refractivity contribution >= 4 is 26.7 Å². The van der Waals surface area contributed by atoms with Crippen LogP contribution >= 0.6 is 14.7 Å². The van der Waals surface area contributed by atoms with E-state index >= 15 is 0 Å². The molecule has 0 aliphatic carbocycles. The van der Waals surface area contributed by atoms with Crippen LogP contribution < -0.4 is 0 Å². The second-order valence-electron chi connectivity index (χ2n) is 4.96. The third-order valence-electron chi connectivity index (χ3n) is 2.29. The summed E-state index contributed by atoms with van der Waals surface area (Å²) in [4.78, 5) is 29.7. The molecule has 140 valence electrons. The van der Waals surface area contributed by atoms with Crippen molar-refractivity contribution < 1.29 is 38.0 Å². The highest BCUT2D eigenvalue weighted by Crippen LogP contribution is 2.42. The van der Waals surface area contributed by atoms with E-state index in [2.05, 4.69) is 17.9 Å². The molecule has 0 amide bonds. The quantitative estimate of drug-likeness (QED) is 0.316. The minimum Gasteiger partial charge on any atom is -0.481 e. The summed E-state index contributed by atoms with van der Waals surface area (Å²) in [6.45, 7) is 9.76. The van der Waals surface area contributed by atoms with Gasteiger partial charge in [0.2, 0.25) is 7.37 Å². The Morgan fingerprint density at radius 3 is 2.00 bits per heavy atom. The van der Waals surface area contributed by atoms with Gasteiger partial charge in [0.25, 0.3) is 0 Å². The van der Waals surface area contributed by atoms with Crippen LogP contribution in [0.25, 0.3) is 0 Å². The number of aliphatic carboxylic acids is 1. The second-order valence-corrected chi connectivity index (χ2v) is 10.2. The van der Waals surface area contributed by atoms with E-state index in [0.29, 0.717) is 0 Å². The average Bonchev–Trinajstić information content (AvgIpc) is 2.47. The monoisotopic (exact) mass is 384 g/mol. The van der Waals surface area contributed by atoms with Gasteiger partial charge in [-0.05, 0) is 0 Å². The first-order valence-electron chi connectivity index (χ1n) is 7.03. The van der Waals surface area contributed by atoms with Crippen LogP contribution in [-0.2, 0) is 28.0 Å². The van der Waals surface area contributed by atoms with Gasteiger partial charge in [0.15, 0.2) is 7.37 Å². The van der Waals surface area contributed by atoms with Gasteiger partial charge in [0.1, 0.15) is 6.61 Å². The summed E-state index contributed by atoms with van der Waals surface area (Å²) in [6, 6.07) is 0. The van der Waals surface area contributed by atoms with E-state index in [0.717, 1.165) is 0 Å². The van der Waals surface area contributed by atoms with Crippen LogP contribution in [-0.4, -0.2) is 60.8 Å². The van der Waals surface area contributed by atoms with Crippen molar-refractivity contribution in [3.63, 3.8) is 0 Å². The predicted octanol–water partition coefficient (Wildman–Crippen LogP) is 2.58. The van der Waals surface area contributed by atoms with Gasteiger partial charge < -0.3 is 19.3 Å². The Morgan fingerprint density at radius 2 is 1.58 bits per heavy atom. The van der Waals surface area contributed by atoms with E-state index < -0.39 is 26.7 Å². The normalized spacial score (nSPS) is 15.0. The van der Waals surface area contributed by atoms with E-state index in [-0.39, 0.29) is 38.4 Å². The number of carbonyl (C=O) groups is 2. The van der Waals surface area contributed by atoms with E-state index in [1.165, 1.54) is 25.5 Å². The molecule has 0 rings (SSSR count). The molecule has 8 nitrogen and oxygen atoms in total. The Kier molecular flexibility index (Phi) is 13.7. The summed E-state index contributed by atoms with van der Waals surface area (Å²) in [7, 11) is -5.79. The summed E-state index contributed by atoms with van der Waals surface area (Å²) >= 11 is 0. The topological polar surface area (TPSA) is 127 Å². The molecule has 0 radical (unpaired) electrons. The zero-order valence-corrected chi connectivity index (χ0v) is 15.8. The lowest BCUT2D eigenvalue weighted by atomic mass is 10.5. The number of carboxylic acids is 1. The minimum atomic E-state index is -3.08. The van der Waals surface area contributed by atoms with E-state index in [1.807, 2.05) is 0 Å². The zero-order chi connectivity index (χ0) is 19.2. The smallest absolute Gasteiger partial charge is 0.306 e. The van der Waals surface area contributed by atoms with Crippen LogP contribution in [0.2, 0.25) is 0 Å². The highest BCUT2D eigenvalue weighted by molar-refractivity contribution is 7.58. The molecule has 0 saturated carbocycles. The molecule has 0 heterocycles. The largest absolute Gasteiger partial charge is 0.481 e. The van der Waals surface area contributed by atoms with Crippen molar-refractivity contribution in [2.45, 2.75) is 12.8 Å². The Morgan fingerprint density at radius 1 is 1.04 bits per heavy atom. The SMILES string of the molecule is C=CCOC(=O)CCP(C)(=O)O.C=CCOP(C)(=O)CCC(=O)O. The molecular weight excluding hydrogens is 358 g/mol. The van der Waals surface area contributed by atoms with Crippen molar-refractivity contribution in [1.82, 2.24) is 0 Å². The lowest BCUT2D eigenvalue weighted by Crippen LogP contribution is -2.06. The van der Waals surface area contributed by atoms with Gasteiger partial charge in [-0.1, -0.05) is 18.7 Å². The van der Waals surface area contributed by atoms with Crippen LogP contribution in [0.1, 0.15) is 12.8 Å². The van der Waals surface area contributed by atoms with Crippen molar-refractivity contribution in [3.05, 3.63) is 25.3 Å². The Balaban J connectivity index is 0. The number of rotatable bonds is 11. The lowest BCUT2D eigenvalue weighted by molar-refractivity contribution is -0.142. The number of hydrogen-bond donors (Lipinski definition) is 2. The van der Waals surface area contributed by atoms with Gasteiger partial charge in [-0.15, -0.1) is 6.58 Å². The molecule has 2 unspecified atom stereocenters. The molecule has 0 fully saturated rings. The molecule has 0 aliphatic heterocycles. The first kappa shape index (κ1) is 25.0. The molecule has 0 aromatic rings. The molecule has 24 heavy (non-hydrogen) atoms. The highest BCUT2D eigenvalue weighted by Gasteiger charge is 2.16. The Labute approximate surface area is 142 Å². The molecule has 0 aliphatic rings. The molecule has 0 bridgehead atoms. The number of esters is 1. The van der Waals surface area contributed by atoms with Crippen LogP contribution in [0, 0.1) is 0 Å². The standard InChI is InChI=1S/2C7H13O4P/c1-3-5-11-7(8)4-6-12(2,9)10;1-3-5-11-12(2,10)6-4-7(8)9/h3H,1,4-6H2,2H3,(H,9,10);3H,1,4-6H2,2H3,(H,8,9). The van der Waals surface area contributed by atoms with Gasteiger partial charge in [0.05, 0.1) is 19.4 Å². The van der Waals surface area contributed by atoms with Crippen LogP contribution in [0.3, 0.4) is 0 Å². The third kappa shape index (κ3) is 20.8. The first-order chi connectivity index (χ1) is 10.9. The maximum atomic E-state index is 11.3. The second kappa shape index (κ2) is 13.1. The van der Waals surface area contributed by atoms with Gasteiger partial charge in [-0.3, -0.25) is 18.7 Å². The van der Waals surface area contributed by atoms with Crippen molar-refractivity contribution in [1.29, 1.82) is 0 Å². The Bertz CT molecular complexity index is 509. The predicted molar refractivity (Wildman–Crippen MR) is 93.2 cm³/mol. The van der Waals surface area contributed by atoms with Gasteiger partial charge in [-0.25, -0.2) is 0 Å². The highest BCUT2D eigenvalue weighted by atomic mass is 31.2. The summed E-state index contributed by atoms with van der Waals surface area (Å²) in [5, 5.41) is 8.31. The molecular formula is C14H26O8P2. The molecule has 0 spiro atoms. The fraction of sp³-hybridized carbons (Fsp3) is 0.571. The minimum absolute atomic E-state index is 0.0158. The Hall–Kier alpha value is -1.20. The van der Waals surface area contributed by atoms with E-state index in [1.54, 1.807) is 0 Å². The van der Waals surface area contributed by atoms with E-state index in [9.17, 15) is 18.7 Å². The molecule has 2 N–H and O–H groups in total. The summed E-state index contributed by atoms with van der Waals surface area (Å²) in [5.74, 6) is -1.43. The van der Waals surface area contributed by atoms with Crippen molar-refractivity contribution in [2.75, 3.05) is 38.9 Å². The molecule has 10 heteroatoms. The van der Waals surface area contributed by atoms with Gasteiger partial charge in [-0.2, -0.15) is 0 Å². The van der Waals surface area contributed by atoms with Crippen molar-refractivity contribution in [3.8, 4) is 0 Å². The average molecular weight is 384 g/mol. The first-order valence-corrected chi connectivity index (χ1v) is 11.6. The lowest BCUT2D eigenvalue weighted by Gasteiger charge is -2.10. The number of carbonyl (C=O) groups excluding carboxylic acids is 1. The fourth-order valence-corrected chi connectivity index (χ4v) is 2.84. The maximum Gasteiger partial charge on any atom is 0.306 e. The van der Waals surface area contributed by atoms with Crippen molar-refractivity contribution in [2.24, 2.45) is 0 Å². The van der Waals surface area contributed by atoms with E-state index in [4.69, 9.17) is 14.5 Å². The summed E-state index contributed by atoms with van der Waals surface area (Å²) in [6.07, 6.45) is 2.85. The molecule has 0 aromatic heterocycles. The number of ether oxygens (including phenoxy) is 1.